The van der Waals surface area contributed by atoms with Crippen molar-refractivity contribution in [3.63, 3.8) is 0 Å². The molecule has 13 heteroatoms. The van der Waals surface area contributed by atoms with E-state index in [2.05, 4.69) is 20.8 Å². The third kappa shape index (κ3) is 9.06. The van der Waals surface area contributed by atoms with Crippen molar-refractivity contribution >= 4 is 35.0 Å². The van der Waals surface area contributed by atoms with Crippen molar-refractivity contribution in [2.24, 2.45) is 0 Å². The number of hydrogen-bond acceptors (Lipinski definition) is 8. The number of benzene rings is 1. The van der Waals surface area contributed by atoms with Crippen LogP contribution in [0, 0.1) is 0 Å². The largest absolute Gasteiger partial charge is 0.493 e. The van der Waals surface area contributed by atoms with Gasteiger partial charge in [-0.25, -0.2) is 0 Å². The topological polar surface area (TPSA) is 146 Å². The summed E-state index contributed by atoms with van der Waals surface area (Å²) in [5.74, 6) is -0.0913. The van der Waals surface area contributed by atoms with Crippen LogP contribution in [0.5, 0.6) is 11.5 Å². The van der Waals surface area contributed by atoms with E-state index < -0.39 is 11.9 Å². The van der Waals surface area contributed by atoms with Crippen LogP contribution < -0.4 is 20.1 Å². The second-order valence-corrected chi connectivity index (χ2v) is 11.5. The zero-order valence-electron chi connectivity index (χ0n) is 25.4. The Kier molecular flexibility index (Phi) is 11.8. The molecule has 12 nitrogen and oxygen atoms in total. The molecule has 0 radical (unpaired) electrons. The summed E-state index contributed by atoms with van der Waals surface area (Å²) in [5.41, 5.74) is 2.90. The number of amides is 4. The monoisotopic (exact) mass is 624 g/mol. The summed E-state index contributed by atoms with van der Waals surface area (Å²) in [4.78, 5) is 54.9. The first-order valence-electron chi connectivity index (χ1n) is 14.7. The third-order valence-electron chi connectivity index (χ3n) is 7.36. The summed E-state index contributed by atoms with van der Waals surface area (Å²) in [6.45, 7) is 3.15. The summed E-state index contributed by atoms with van der Waals surface area (Å²) in [5, 5.41) is 16.8. The van der Waals surface area contributed by atoms with Gasteiger partial charge in [0.15, 0.2) is 18.1 Å². The second-order valence-electron chi connectivity index (χ2n) is 10.7. The smallest absolute Gasteiger partial charge is 0.271 e. The normalized spacial score (nSPS) is 18.3. The first-order chi connectivity index (χ1) is 21.2. The number of rotatable bonds is 3. The lowest BCUT2D eigenvalue weighted by molar-refractivity contribution is -0.135. The Balaban J connectivity index is 1.45. The fraction of sp³-hybridized carbons (Fsp3) is 0.452. The maximum atomic E-state index is 13.5. The molecule has 1 aliphatic heterocycles. The van der Waals surface area contributed by atoms with E-state index in [1.165, 1.54) is 7.11 Å². The van der Waals surface area contributed by atoms with Gasteiger partial charge in [-0.3, -0.25) is 24.3 Å². The molecule has 0 saturated carbocycles. The molecule has 236 valence electrons. The van der Waals surface area contributed by atoms with Crippen molar-refractivity contribution in [3.05, 3.63) is 52.3 Å². The van der Waals surface area contributed by atoms with E-state index >= 15 is 0 Å². The summed E-state index contributed by atoms with van der Waals surface area (Å²) >= 11 is 1.56. The van der Waals surface area contributed by atoms with E-state index in [-0.39, 0.29) is 30.7 Å². The second kappa shape index (κ2) is 15.9. The molecule has 2 bridgehead atoms. The van der Waals surface area contributed by atoms with Crippen LogP contribution in [0.15, 0.2) is 41.1 Å². The van der Waals surface area contributed by atoms with Gasteiger partial charge in [0.25, 0.3) is 11.8 Å². The summed E-state index contributed by atoms with van der Waals surface area (Å²) in [6, 6.07) is 8.29. The number of ether oxygens (including phenoxy) is 2. The average Bonchev–Trinajstić information content (AvgIpc) is 3.74. The fourth-order valence-corrected chi connectivity index (χ4v) is 5.54. The Labute approximate surface area is 261 Å². The van der Waals surface area contributed by atoms with Gasteiger partial charge in [-0.05, 0) is 67.8 Å². The molecule has 3 heterocycles. The molecule has 44 heavy (non-hydrogen) atoms. The average molecular weight is 625 g/mol. The molecule has 0 saturated heterocycles. The summed E-state index contributed by atoms with van der Waals surface area (Å²) < 4.78 is 11.1. The highest BCUT2D eigenvalue weighted by Gasteiger charge is 2.22. The maximum Gasteiger partial charge on any atom is 0.271 e. The van der Waals surface area contributed by atoms with Gasteiger partial charge in [-0.15, -0.1) is 0 Å². The number of likely N-dealkylation sites (N-methyl/N-ethyl adjacent to an activating group) is 1. The quantitative estimate of drug-likeness (QED) is 0.406. The standard InChI is InChI=1S/C31H40N6O6S/c1-21-30(40)36(2)13-4-5-14-37(31(41)25-18-24(34-35-25)23-11-16-44-20-23)15-6-12-32-28(38)10-8-22-7-9-26(42-3)27(17-22)43-19-29(39)33-21/h7,9,11,16-18,20-21H,4-6,8,10,12-15,19H2,1-3H3,(H,32,38)(H,33,39)(H,34,35)/t21-/m0/s1. The van der Waals surface area contributed by atoms with Gasteiger partial charge in [0.2, 0.25) is 11.8 Å². The number of methoxy groups -OCH3 is 1. The molecule has 0 unspecified atom stereocenters. The van der Waals surface area contributed by atoms with Crippen LogP contribution in [0.3, 0.4) is 0 Å². The van der Waals surface area contributed by atoms with Gasteiger partial charge in [0.1, 0.15) is 11.7 Å². The van der Waals surface area contributed by atoms with Crippen LogP contribution in [0.2, 0.25) is 0 Å². The van der Waals surface area contributed by atoms with Gasteiger partial charge < -0.3 is 29.9 Å². The van der Waals surface area contributed by atoms with Crippen molar-refractivity contribution in [2.75, 3.05) is 46.9 Å². The molecule has 1 aliphatic rings. The van der Waals surface area contributed by atoms with Gasteiger partial charge in [-0.1, -0.05) is 6.07 Å². The van der Waals surface area contributed by atoms with Gasteiger partial charge >= 0.3 is 0 Å². The number of carbonyl (C=O) groups is 4. The highest BCUT2D eigenvalue weighted by molar-refractivity contribution is 7.08. The van der Waals surface area contributed by atoms with Crippen molar-refractivity contribution in [2.45, 2.75) is 45.1 Å². The number of hydrogen-bond donors (Lipinski definition) is 3. The Morgan fingerprint density at radius 2 is 1.84 bits per heavy atom. The van der Waals surface area contributed by atoms with Gasteiger partial charge in [0, 0.05) is 50.6 Å². The van der Waals surface area contributed by atoms with Crippen LogP contribution in [-0.2, 0) is 20.8 Å². The highest BCUT2D eigenvalue weighted by atomic mass is 32.1. The van der Waals surface area contributed by atoms with Gasteiger partial charge in [0.05, 0.1) is 12.8 Å². The molecule has 4 amide bonds. The number of nitrogens with zero attached hydrogens (tertiary/aromatic N) is 3. The molecule has 1 atom stereocenters. The number of aryl methyl sites for hydroxylation is 1. The molecule has 4 rings (SSSR count). The van der Waals surface area contributed by atoms with Gasteiger partial charge in [-0.2, -0.15) is 16.4 Å². The number of fused-ring (bicyclic) bond motifs is 2. The molecular weight excluding hydrogens is 584 g/mol. The number of aromatic amines is 1. The number of aromatic nitrogens is 2. The van der Waals surface area contributed by atoms with Crippen molar-refractivity contribution in [1.29, 1.82) is 0 Å². The zero-order chi connectivity index (χ0) is 31.5. The van der Waals surface area contributed by atoms with Crippen LogP contribution in [0.25, 0.3) is 11.3 Å². The Bertz CT molecular complexity index is 1420. The Morgan fingerprint density at radius 1 is 1.05 bits per heavy atom. The van der Waals surface area contributed by atoms with Crippen molar-refractivity contribution in [1.82, 2.24) is 30.6 Å². The highest BCUT2D eigenvalue weighted by Crippen LogP contribution is 2.28. The summed E-state index contributed by atoms with van der Waals surface area (Å²) in [6.07, 6.45) is 2.63. The van der Waals surface area contributed by atoms with E-state index in [1.54, 1.807) is 53.3 Å². The number of nitrogens with one attached hydrogen (secondary N) is 3. The minimum Gasteiger partial charge on any atom is -0.493 e. The fourth-order valence-electron chi connectivity index (χ4n) is 4.89. The van der Waals surface area contributed by atoms with Crippen molar-refractivity contribution in [3.8, 4) is 22.8 Å². The zero-order valence-corrected chi connectivity index (χ0v) is 26.2. The molecule has 3 aromatic rings. The van der Waals surface area contributed by atoms with Crippen LogP contribution in [-0.4, -0.2) is 96.6 Å². The molecule has 2 aromatic heterocycles. The molecule has 0 aliphatic carbocycles. The van der Waals surface area contributed by atoms with E-state index in [0.717, 1.165) is 11.1 Å². The Hall–Kier alpha value is -4.39. The first-order valence-corrected chi connectivity index (χ1v) is 15.7. The lowest BCUT2D eigenvalue weighted by Gasteiger charge is -2.24. The van der Waals surface area contributed by atoms with Crippen molar-refractivity contribution < 1.29 is 28.7 Å². The first kappa shape index (κ1) is 32.5. The van der Waals surface area contributed by atoms with E-state index in [1.807, 2.05) is 22.9 Å². The number of thiophene rings is 1. The van der Waals surface area contributed by atoms with E-state index in [9.17, 15) is 19.2 Å². The minimum atomic E-state index is -0.739. The molecule has 3 N–H and O–H groups in total. The summed E-state index contributed by atoms with van der Waals surface area (Å²) in [7, 11) is 3.20. The molecule has 0 spiro atoms. The van der Waals surface area contributed by atoms with Crippen LogP contribution in [0.1, 0.15) is 48.7 Å². The van der Waals surface area contributed by atoms with Crippen LogP contribution >= 0.6 is 11.3 Å². The molecule has 1 aromatic carbocycles. The van der Waals surface area contributed by atoms with E-state index in [4.69, 9.17) is 9.47 Å². The predicted octanol–water partition coefficient (Wildman–Crippen LogP) is 2.86. The van der Waals surface area contributed by atoms with E-state index in [0.29, 0.717) is 74.7 Å². The van der Waals surface area contributed by atoms with Crippen LogP contribution in [0.4, 0.5) is 0 Å². The SMILES string of the molecule is COc1ccc2cc1OCC(=O)N[C@@H](C)C(=O)N(C)CCCCN(C(=O)c1cc(-c3ccsc3)n[nH]1)CCCNC(=O)CC2. The number of H-pyrrole nitrogens is 1. The molecule has 0 fully saturated rings. The number of carbonyl (C=O) groups excluding carboxylic acids is 4. The lowest BCUT2D eigenvalue weighted by atomic mass is 10.1. The minimum absolute atomic E-state index is 0.0988. The Morgan fingerprint density at radius 3 is 2.61 bits per heavy atom. The lowest BCUT2D eigenvalue weighted by Crippen LogP contribution is -2.47. The molecular formula is C31H40N6O6S. The predicted molar refractivity (Wildman–Crippen MR) is 167 cm³/mol. The third-order valence-corrected chi connectivity index (χ3v) is 8.05. The maximum absolute atomic E-state index is 13.5.